The first-order valence-electron chi connectivity index (χ1n) is 5.02. The highest BCUT2D eigenvalue weighted by Gasteiger charge is 2.38. The van der Waals surface area contributed by atoms with Crippen LogP contribution in [0.3, 0.4) is 0 Å². The number of carbonyl (C=O) groups excluding carboxylic acids is 2. The fourth-order valence-corrected chi connectivity index (χ4v) is 1.89. The van der Waals surface area contributed by atoms with Crippen LogP contribution in [0.4, 0.5) is 0 Å². The third kappa shape index (κ3) is 1.20. The topological polar surface area (TPSA) is 37.4 Å². The number of carbonyl (C=O) groups is 2. The van der Waals surface area contributed by atoms with E-state index in [2.05, 4.69) is 0 Å². The van der Waals surface area contributed by atoms with Crippen LogP contribution in [-0.2, 0) is 9.59 Å². The Bertz CT molecular complexity index is 320. The highest BCUT2D eigenvalue weighted by molar-refractivity contribution is 6.24. The molecule has 0 atom stereocenters. The first kappa shape index (κ1) is 9.19. The maximum atomic E-state index is 11.7. The van der Waals surface area contributed by atoms with Gasteiger partial charge >= 0.3 is 0 Å². The van der Waals surface area contributed by atoms with Gasteiger partial charge in [0.2, 0.25) is 0 Å². The van der Waals surface area contributed by atoms with Gasteiger partial charge in [-0.2, -0.15) is 0 Å². The maximum absolute atomic E-state index is 11.7. The van der Waals surface area contributed by atoms with E-state index in [1.807, 2.05) is 19.1 Å². The molecule has 0 aromatic carbocycles. The Morgan fingerprint density at radius 2 is 1.64 bits per heavy atom. The summed E-state index contributed by atoms with van der Waals surface area (Å²) >= 11 is 0. The van der Waals surface area contributed by atoms with Gasteiger partial charge in [0.05, 0.1) is 0 Å². The van der Waals surface area contributed by atoms with Gasteiger partial charge in [-0.25, -0.2) is 0 Å². The van der Waals surface area contributed by atoms with Crippen molar-refractivity contribution < 1.29 is 9.59 Å². The maximum Gasteiger partial charge on any atom is 0.261 e. The average molecular weight is 191 g/mol. The van der Waals surface area contributed by atoms with Crippen molar-refractivity contribution in [2.45, 2.75) is 26.2 Å². The highest BCUT2D eigenvalue weighted by Crippen LogP contribution is 2.29. The first-order valence-corrected chi connectivity index (χ1v) is 5.02. The number of hydrogen-bond acceptors (Lipinski definition) is 2. The number of rotatable bonds is 2. The van der Waals surface area contributed by atoms with Gasteiger partial charge in [-0.1, -0.05) is 19.1 Å². The normalized spacial score (nSPS) is 20.8. The molecule has 1 fully saturated rings. The van der Waals surface area contributed by atoms with Gasteiger partial charge < -0.3 is 0 Å². The Kier molecular flexibility index (Phi) is 2.23. The van der Waals surface area contributed by atoms with E-state index in [1.54, 1.807) is 0 Å². The Hall–Kier alpha value is -1.38. The Morgan fingerprint density at radius 3 is 2.07 bits per heavy atom. The van der Waals surface area contributed by atoms with Gasteiger partial charge in [0.1, 0.15) is 0 Å². The lowest BCUT2D eigenvalue weighted by Crippen LogP contribution is -2.30. The minimum atomic E-state index is -0.109. The van der Waals surface area contributed by atoms with Gasteiger partial charge in [-0.15, -0.1) is 0 Å². The summed E-state index contributed by atoms with van der Waals surface area (Å²) in [5.74, 6) is -0.217. The number of imide groups is 1. The van der Waals surface area contributed by atoms with Crippen molar-refractivity contribution in [1.29, 1.82) is 0 Å². The van der Waals surface area contributed by atoms with Crippen LogP contribution in [0.5, 0.6) is 0 Å². The van der Waals surface area contributed by atoms with E-state index in [-0.39, 0.29) is 11.8 Å². The van der Waals surface area contributed by atoms with Crippen LogP contribution >= 0.6 is 0 Å². The molecule has 0 spiro atoms. The molecule has 0 bridgehead atoms. The van der Waals surface area contributed by atoms with Gasteiger partial charge in [-0.05, 0) is 19.3 Å². The third-order valence-corrected chi connectivity index (χ3v) is 2.55. The van der Waals surface area contributed by atoms with Crippen LogP contribution in [-0.4, -0.2) is 23.3 Å². The second-order valence-electron chi connectivity index (χ2n) is 3.57. The molecule has 0 aromatic rings. The minimum absolute atomic E-state index is 0.109. The van der Waals surface area contributed by atoms with Crippen LogP contribution in [0.2, 0.25) is 0 Å². The van der Waals surface area contributed by atoms with E-state index < -0.39 is 0 Å². The molecule has 3 nitrogen and oxygen atoms in total. The van der Waals surface area contributed by atoms with Crippen LogP contribution in [0.15, 0.2) is 23.3 Å². The smallest absolute Gasteiger partial charge is 0.261 e. The standard InChI is InChI=1S/C11H13NO2/c1-2-7-12-10(13)8-5-3-4-6-9(8)11(12)14/h5-6H,2-4,7H2,1H3. The lowest BCUT2D eigenvalue weighted by atomic mass is 10.0. The molecule has 0 saturated carbocycles. The molecule has 0 unspecified atom stereocenters. The molecule has 1 saturated heterocycles. The van der Waals surface area contributed by atoms with Gasteiger partial charge in [0.25, 0.3) is 11.8 Å². The van der Waals surface area contributed by atoms with Gasteiger partial charge in [-0.3, -0.25) is 14.5 Å². The van der Waals surface area contributed by atoms with E-state index in [0.717, 1.165) is 19.3 Å². The minimum Gasteiger partial charge on any atom is -0.274 e. The fourth-order valence-electron chi connectivity index (χ4n) is 1.89. The number of hydrogen-bond donors (Lipinski definition) is 0. The molecule has 1 heterocycles. The fraction of sp³-hybridized carbons (Fsp3) is 0.455. The van der Waals surface area contributed by atoms with Crippen molar-refractivity contribution in [3.8, 4) is 0 Å². The van der Waals surface area contributed by atoms with Crippen molar-refractivity contribution in [3.05, 3.63) is 23.3 Å². The second kappa shape index (κ2) is 3.40. The Balaban J connectivity index is 2.34. The van der Waals surface area contributed by atoms with Crippen molar-refractivity contribution in [1.82, 2.24) is 4.90 Å². The van der Waals surface area contributed by atoms with Crippen LogP contribution < -0.4 is 0 Å². The summed E-state index contributed by atoms with van der Waals surface area (Å²) in [5, 5.41) is 0. The summed E-state index contributed by atoms with van der Waals surface area (Å²) in [5.41, 5.74) is 1.24. The predicted octanol–water partition coefficient (Wildman–Crippen LogP) is 1.41. The Labute approximate surface area is 83.1 Å². The zero-order chi connectivity index (χ0) is 10.1. The zero-order valence-corrected chi connectivity index (χ0v) is 8.25. The highest BCUT2D eigenvalue weighted by atomic mass is 16.2. The van der Waals surface area contributed by atoms with Crippen LogP contribution in [0.1, 0.15) is 26.2 Å². The third-order valence-electron chi connectivity index (χ3n) is 2.55. The number of nitrogens with zero attached hydrogens (tertiary/aromatic N) is 1. The molecule has 2 amide bonds. The number of fused-ring (bicyclic) bond motifs is 1. The molecular formula is C11H13NO2. The summed E-state index contributed by atoms with van der Waals surface area (Å²) < 4.78 is 0. The summed E-state index contributed by atoms with van der Waals surface area (Å²) in [6, 6.07) is 0. The van der Waals surface area contributed by atoms with Crippen molar-refractivity contribution in [2.75, 3.05) is 6.54 Å². The first-order chi connectivity index (χ1) is 6.75. The lowest BCUT2D eigenvalue weighted by molar-refractivity contribution is -0.136. The van der Waals surface area contributed by atoms with Crippen molar-refractivity contribution in [3.63, 3.8) is 0 Å². The van der Waals surface area contributed by atoms with E-state index in [4.69, 9.17) is 0 Å². The molecule has 2 aliphatic rings. The quantitative estimate of drug-likeness (QED) is 0.619. The molecule has 0 radical (unpaired) electrons. The largest absolute Gasteiger partial charge is 0.274 e. The molecule has 0 aromatic heterocycles. The van der Waals surface area contributed by atoms with E-state index >= 15 is 0 Å². The van der Waals surface area contributed by atoms with Crippen molar-refractivity contribution >= 4 is 11.8 Å². The summed E-state index contributed by atoms with van der Waals surface area (Å²) in [6.07, 6.45) is 6.32. The second-order valence-corrected chi connectivity index (χ2v) is 3.57. The van der Waals surface area contributed by atoms with E-state index in [9.17, 15) is 9.59 Å². The zero-order valence-electron chi connectivity index (χ0n) is 8.25. The lowest BCUT2D eigenvalue weighted by Gasteiger charge is -2.10. The molecular weight excluding hydrogens is 178 g/mol. The van der Waals surface area contributed by atoms with Crippen molar-refractivity contribution in [2.24, 2.45) is 0 Å². The average Bonchev–Trinajstić information content (AvgIpc) is 2.45. The number of likely N-dealkylation sites (tertiary alicyclic amines) is 1. The Morgan fingerprint density at radius 1 is 1.14 bits per heavy atom. The van der Waals surface area contributed by atoms with E-state index in [0.29, 0.717) is 17.7 Å². The number of amides is 2. The summed E-state index contributed by atoms with van der Waals surface area (Å²) in [7, 11) is 0. The van der Waals surface area contributed by atoms with Gasteiger partial charge in [0, 0.05) is 17.7 Å². The summed E-state index contributed by atoms with van der Waals surface area (Å²) in [6.45, 7) is 2.50. The molecule has 3 heteroatoms. The molecule has 14 heavy (non-hydrogen) atoms. The summed E-state index contributed by atoms with van der Waals surface area (Å²) in [4.78, 5) is 24.8. The molecule has 2 rings (SSSR count). The predicted molar refractivity (Wildman–Crippen MR) is 52.4 cm³/mol. The molecule has 1 aliphatic carbocycles. The van der Waals surface area contributed by atoms with Gasteiger partial charge in [0.15, 0.2) is 0 Å². The number of allylic oxidation sites excluding steroid dienone is 2. The molecule has 0 N–H and O–H groups in total. The van der Waals surface area contributed by atoms with Crippen LogP contribution in [0, 0.1) is 0 Å². The van der Waals surface area contributed by atoms with E-state index in [1.165, 1.54) is 4.90 Å². The molecule has 1 aliphatic heterocycles. The van der Waals surface area contributed by atoms with Crippen LogP contribution in [0.25, 0.3) is 0 Å². The SMILES string of the molecule is CCCN1C(=O)C2=CCCC=C2C1=O. The molecule has 74 valence electrons. The monoisotopic (exact) mass is 191 g/mol.